The summed E-state index contributed by atoms with van der Waals surface area (Å²) in [5.74, 6) is -2.76. The van der Waals surface area contributed by atoms with E-state index in [-0.39, 0.29) is 25.4 Å². The number of amides is 1. The molecule has 1 aliphatic rings. The van der Waals surface area contributed by atoms with Crippen LogP contribution in [0, 0.1) is 20.8 Å². The van der Waals surface area contributed by atoms with Gasteiger partial charge >= 0.3 is 12.1 Å². The van der Waals surface area contributed by atoms with Crippen LogP contribution in [-0.2, 0) is 26.2 Å². The quantitative estimate of drug-likeness (QED) is 0.555. The fraction of sp³-hybridized carbons (Fsp3) is 0.440. The molecule has 1 heterocycles. The number of nitrogens with zero attached hydrogens (tertiary/aromatic N) is 2. The number of carbonyl (C=O) groups excluding carboxylic acids is 1. The molecule has 1 aliphatic heterocycles. The SMILES string of the molecule is Cc1ccc(CN(CCC(=O)N2CCNCC2)S(=O)(=O)c2ccc(C)cc2C)cc1.O=C(O)C(F)(F)F. The van der Waals surface area contributed by atoms with Crippen LogP contribution in [0.4, 0.5) is 13.2 Å². The number of carboxylic acid groups (broad SMARTS) is 1. The van der Waals surface area contributed by atoms with E-state index in [1.54, 1.807) is 6.07 Å². The minimum absolute atomic E-state index is 0.00114. The van der Waals surface area contributed by atoms with Crippen molar-refractivity contribution in [3.8, 4) is 0 Å². The third-order valence-electron chi connectivity index (χ3n) is 5.72. The zero-order valence-corrected chi connectivity index (χ0v) is 21.8. The summed E-state index contributed by atoms with van der Waals surface area (Å²) in [5, 5.41) is 10.4. The predicted molar refractivity (Wildman–Crippen MR) is 132 cm³/mol. The zero-order valence-electron chi connectivity index (χ0n) is 21.0. The standard InChI is InChI=1S/C23H31N3O3S.C2HF3O2/c1-18-4-7-21(8-5-18)17-26(13-10-23(27)25-14-11-24-12-15-25)30(28,29)22-9-6-19(2)16-20(22)3;3-2(4,5)1(6)7/h4-9,16,24H,10-15,17H2,1-3H3;(H,6,7). The lowest BCUT2D eigenvalue weighted by molar-refractivity contribution is -0.192. The van der Waals surface area contributed by atoms with E-state index in [0.29, 0.717) is 18.0 Å². The molecule has 3 rings (SSSR count). The number of halogens is 3. The summed E-state index contributed by atoms with van der Waals surface area (Å²) in [6, 6.07) is 13.2. The molecule has 2 N–H and O–H groups in total. The van der Waals surface area contributed by atoms with Gasteiger partial charge in [0.15, 0.2) is 0 Å². The molecule has 2 aromatic carbocycles. The minimum atomic E-state index is -5.08. The number of hydrogen-bond acceptors (Lipinski definition) is 5. The van der Waals surface area contributed by atoms with E-state index < -0.39 is 22.2 Å². The summed E-state index contributed by atoms with van der Waals surface area (Å²) < 4.78 is 60.2. The van der Waals surface area contributed by atoms with Crippen molar-refractivity contribution in [2.75, 3.05) is 32.7 Å². The first-order chi connectivity index (χ1) is 17.2. The van der Waals surface area contributed by atoms with E-state index in [1.807, 2.05) is 62.1 Å². The number of hydrogen-bond donors (Lipinski definition) is 2. The van der Waals surface area contributed by atoms with E-state index in [9.17, 15) is 26.4 Å². The normalized spacial score (nSPS) is 14.2. The molecular formula is C25H32F3N3O5S. The number of carbonyl (C=O) groups is 2. The monoisotopic (exact) mass is 543 g/mol. The predicted octanol–water partition coefficient (Wildman–Crippen LogP) is 3.26. The van der Waals surface area contributed by atoms with Gasteiger partial charge in [0.05, 0.1) is 4.90 Å². The van der Waals surface area contributed by atoms with Gasteiger partial charge in [-0.3, -0.25) is 4.79 Å². The molecule has 0 aliphatic carbocycles. The van der Waals surface area contributed by atoms with Crippen LogP contribution in [0.2, 0.25) is 0 Å². The van der Waals surface area contributed by atoms with Crippen LogP contribution < -0.4 is 5.32 Å². The molecule has 0 aromatic heterocycles. The molecule has 0 radical (unpaired) electrons. The third kappa shape index (κ3) is 9.13. The Hall–Kier alpha value is -2.96. The van der Waals surface area contributed by atoms with Crippen molar-refractivity contribution < 1.29 is 36.3 Å². The van der Waals surface area contributed by atoms with Gasteiger partial charge in [0.25, 0.3) is 0 Å². The van der Waals surface area contributed by atoms with Crippen LogP contribution in [0.5, 0.6) is 0 Å². The number of aryl methyl sites for hydroxylation is 3. The molecule has 1 fully saturated rings. The van der Waals surface area contributed by atoms with Crippen molar-refractivity contribution in [2.45, 2.75) is 44.8 Å². The van der Waals surface area contributed by atoms with E-state index in [0.717, 1.165) is 35.3 Å². The smallest absolute Gasteiger partial charge is 0.475 e. The second-order valence-electron chi connectivity index (χ2n) is 8.78. The number of carboxylic acids is 1. The van der Waals surface area contributed by atoms with Gasteiger partial charge in [-0.1, -0.05) is 47.5 Å². The largest absolute Gasteiger partial charge is 0.490 e. The van der Waals surface area contributed by atoms with Crippen LogP contribution in [-0.4, -0.2) is 73.5 Å². The molecular weight excluding hydrogens is 511 g/mol. The van der Waals surface area contributed by atoms with Crippen molar-refractivity contribution in [1.82, 2.24) is 14.5 Å². The Balaban J connectivity index is 0.000000604. The number of nitrogens with one attached hydrogen (secondary N) is 1. The number of alkyl halides is 3. The summed E-state index contributed by atoms with van der Waals surface area (Å²) in [5.41, 5.74) is 3.77. The highest BCUT2D eigenvalue weighted by molar-refractivity contribution is 7.89. The van der Waals surface area contributed by atoms with Crippen molar-refractivity contribution in [3.63, 3.8) is 0 Å². The highest BCUT2D eigenvalue weighted by Gasteiger charge is 2.38. The average molecular weight is 544 g/mol. The average Bonchev–Trinajstić information content (AvgIpc) is 2.82. The fourth-order valence-corrected chi connectivity index (χ4v) is 5.34. The van der Waals surface area contributed by atoms with Crippen LogP contribution in [0.3, 0.4) is 0 Å². The highest BCUT2D eigenvalue weighted by Crippen LogP contribution is 2.23. The van der Waals surface area contributed by atoms with E-state index in [4.69, 9.17) is 9.90 Å². The molecule has 0 unspecified atom stereocenters. The maximum Gasteiger partial charge on any atom is 0.490 e. The molecule has 12 heteroatoms. The second kappa shape index (κ2) is 13.0. The van der Waals surface area contributed by atoms with E-state index in [1.165, 1.54) is 4.31 Å². The maximum atomic E-state index is 13.5. The van der Waals surface area contributed by atoms with Gasteiger partial charge in [-0.05, 0) is 38.0 Å². The Morgan fingerprint density at radius 2 is 1.54 bits per heavy atom. The fourth-order valence-electron chi connectivity index (χ4n) is 3.70. The van der Waals surface area contributed by atoms with Crippen molar-refractivity contribution >= 4 is 21.9 Å². The first-order valence-electron chi connectivity index (χ1n) is 11.6. The summed E-state index contributed by atoms with van der Waals surface area (Å²) >= 11 is 0. The second-order valence-corrected chi connectivity index (χ2v) is 10.7. The van der Waals surface area contributed by atoms with Gasteiger partial charge in [0, 0.05) is 45.7 Å². The molecule has 204 valence electrons. The third-order valence-corrected chi connectivity index (χ3v) is 7.72. The molecule has 0 bridgehead atoms. The number of benzene rings is 2. The van der Waals surface area contributed by atoms with Gasteiger partial charge < -0.3 is 15.3 Å². The molecule has 0 saturated carbocycles. The number of piperazine rings is 1. The summed E-state index contributed by atoms with van der Waals surface area (Å²) in [4.78, 5) is 23.7. The molecule has 1 amide bonds. The summed E-state index contributed by atoms with van der Waals surface area (Å²) in [7, 11) is -3.73. The zero-order chi connectivity index (χ0) is 27.8. The van der Waals surface area contributed by atoms with Gasteiger partial charge in [0.1, 0.15) is 0 Å². The Kier molecular flexibility index (Phi) is 10.6. The Bertz CT molecular complexity index is 1180. The van der Waals surface area contributed by atoms with E-state index >= 15 is 0 Å². The summed E-state index contributed by atoms with van der Waals surface area (Å²) in [6.45, 7) is 9.05. The Morgan fingerprint density at radius 1 is 1.00 bits per heavy atom. The minimum Gasteiger partial charge on any atom is -0.475 e. The van der Waals surface area contributed by atoms with Gasteiger partial charge in [-0.15, -0.1) is 0 Å². The van der Waals surface area contributed by atoms with Crippen LogP contribution in [0.15, 0.2) is 47.4 Å². The molecule has 0 spiro atoms. The number of aliphatic carboxylic acids is 1. The van der Waals surface area contributed by atoms with Crippen molar-refractivity contribution in [2.24, 2.45) is 0 Å². The first-order valence-corrected chi connectivity index (χ1v) is 13.1. The Morgan fingerprint density at radius 3 is 2.05 bits per heavy atom. The first kappa shape index (κ1) is 30.3. The van der Waals surface area contributed by atoms with E-state index in [2.05, 4.69) is 5.32 Å². The van der Waals surface area contributed by atoms with Gasteiger partial charge in [0.2, 0.25) is 15.9 Å². The lowest BCUT2D eigenvalue weighted by Crippen LogP contribution is -2.47. The Labute approximate surface area is 215 Å². The molecule has 8 nitrogen and oxygen atoms in total. The lowest BCUT2D eigenvalue weighted by Gasteiger charge is -2.29. The van der Waals surface area contributed by atoms with Gasteiger partial charge in [-0.25, -0.2) is 13.2 Å². The summed E-state index contributed by atoms with van der Waals surface area (Å²) in [6.07, 6.45) is -4.91. The molecule has 0 atom stereocenters. The topological polar surface area (TPSA) is 107 Å². The van der Waals surface area contributed by atoms with Crippen LogP contribution >= 0.6 is 0 Å². The number of rotatable bonds is 7. The number of sulfonamides is 1. The highest BCUT2D eigenvalue weighted by atomic mass is 32.2. The van der Waals surface area contributed by atoms with Crippen LogP contribution in [0.25, 0.3) is 0 Å². The van der Waals surface area contributed by atoms with Crippen molar-refractivity contribution in [1.29, 1.82) is 0 Å². The van der Waals surface area contributed by atoms with Gasteiger partial charge in [-0.2, -0.15) is 17.5 Å². The molecule has 2 aromatic rings. The lowest BCUT2D eigenvalue weighted by atomic mass is 10.1. The molecule has 37 heavy (non-hydrogen) atoms. The van der Waals surface area contributed by atoms with Crippen molar-refractivity contribution in [3.05, 3.63) is 64.7 Å². The molecule has 1 saturated heterocycles. The maximum absolute atomic E-state index is 13.5. The van der Waals surface area contributed by atoms with Crippen LogP contribution in [0.1, 0.15) is 28.7 Å².